The van der Waals surface area contributed by atoms with Crippen LogP contribution in [0.2, 0.25) is 0 Å². The largest absolute Gasteiger partial charge is 0.348 e. The Morgan fingerprint density at radius 3 is 2.44 bits per heavy atom. The number of aryl methyl sites for hydroxylation is 1. The molecule has 1 amide bonds. The Kier molecular flexibility index (Phi) is 3.88. The summed E-state index contributed by atoms with van der Waals surface area (Å²) in [5, 5.41) is 0. The number of carbonyl (C=O) groups is 1. The number of carbonyl (C=O) groups excluding carboxylic acids is 1. The predicted molar refractivity (Wildman–Crippen MR) is 94.9 cm³/mol. The smallest absolute Gasteiger partial charge is 0.254 e. The minimum absolute atomic E-state index is 0.0713. The molecule has 0 aliphatic carbocycles. The maximum atomic E-state index is 13.2. The van der Waals surface area contributed by atoms with Crippen LogP contribution in [0.3, 0.4) is 0 Å². The van der Waals surface area contributed by atoms with E-state index in [-0.39, 0.29) is 17.8 Å². The van der Waals surface area contributed by atoms with Gasteiger partial charge in [0.15, 0.2) is 0 Å². The average Bonchev–Trinajstić information content (AvgIpc) is 3.10. The molecule has 3 nitrogen and oxygen atoms in total. The molecule has 0 radical (unpaired) electrons. The van der Waals surface area contributed by atoms with Crippen molar-refractivity contribution >= 4 is 5.91 Å². The van der Waals surface area contributed by atoms with Crippen molar-refractivity contribution in [1.29, 1.82) is 0 Å². The molecule has 2 aromatic carbocycles. The molecule has 0 N–H and O–H groups in total. The van der Waals surface area contributed by atoms with E-state index in [2.05, 4.69) is 48.0 Å². The Labute approximate surface area is 146 Å². The van der Waals surface area contributed by atoms with Crippen LogP contribution in [0, 0.1) is 12.7 Å². The summed E-state index contributed by atoms with van der Waals surface area (Å²) in [6.45, 7) is 3.43. The number of benzene rings is 2. The third-order valence-electron chi connectivity index (χ3n) is 4.78. The van der Waals surface area contributed by atoms with Gasteiger partial charge in [-0.15, -0.1) is 0 Å². The van der Waals surface area contributed by atoms with Gasteiger partial charge in [-0.05, 0) is 48.9 Å². The van der Waals surface area contributed by atoms with Crippen LogP contribution in [0.4, 0.5) is 4.39 Å². The van der Waals surface area contributed by atoms with Crippen LogP contribution in [0.1, 0.15) is 33.2 Å². The number of fused-ring (bicyclic) bond motifs is 1. The van der Waals surface area contributed by atoms with Gasteiger partial charge in [-0.1, -0.05) is 29.8 Å². The highest BCUT2D eigenvalue weighted by Gasteiger charge is 2.32. The second kappa shape index (κ2) is 6.20. The second-order valence-corrected chi connectivity index (χ2v) is 6.45. The highest BCUT2D eigenvalue weighted by molar-refractivity contribution is 5.94. The molecule has 126 valence electrons. The van der Waals surface area contributed by atoms with Gasteiger partial charge >= 0.3 is 0 Å². The van der Waals surface area contributed by atoms with Gasteiger partial charge in [0, 0.05) is 30.5 Å². The van der Waals surface area contributed by atoms with Crippen LogP contribution >= 0.6 is 0 Å². The zero-order chi connectivity index (χ0) is 17.4. The lowest BCUT2D eigenvalue weighted by Gasteiger charge is -2.37. The van der Waals surface area contributed by atoms with E-state index >= 15 is 0 Å². The van der Waals surface area contributed by atoms with Gasteiger partial charge in [0.1, 0.15) is 5.82 Å². The van der Waals surface area contributed by atoms with Gasteiger partial charge in [0.2, 0.25) is 0 Å². The molecule has 4 rings (SSSR count). The van der Waals surface area contributed by atoms with E-state index in [0.29, 0.717) is 12.1 Å². The van der Waals surface area contributed by atoms with Crippen molar-refractivity contribution in [3.8, 4) is 0 Å². The summed E-state index contributed by atoms with van der Waals surface area (Å²) in [5.74, 6) is -0.405. The minimum atomic E-state index is -0.334. The van der Waals surface area contributed by atoms with Crippen molar-refractivity contribution in [2.24, 2.45) is 0 Å². The number of aromatic nitrogens is 1. The number of amides is 1. The molecule has 0 bridgehead atoms. The average molecular weight is 334 g/mol. The summed E-state index contributed by atoms with van der Waals surface area (Å²) in [6, 6.07) is 18.0. The second-order valence-electron chi connectivity index (χ2n) is 6.45. The maximum absolute atomic E-state index is 13.2. The number of hydrogen-bond acceptors (Lipinski definition) is 1. The van der Waals surface area contributed by atoms with Gasteiger partial charge in [-0.2, -0.15) is 0 Å². The molecule has 1 atom stereocenters. The van der Waals surface area contributed by atoms with Gasteiger partial charge in [-0.25, -0.2) is 4.39 Å². The highest BCUT2D eigenvalue weighted by atomic mass is 19.1. The normalized spacial score (nSPS) is 16.6. The lowest BCUT2D eigenvalue weighted by molar-refractivity contribution is 0.0664. The van der Waals surface area contributed by atoms with Crippen molar-refractivity contribution in [2.75, 3.05) is 6.54 Å². The third-order valence-corrected chi connectivity index (χ3v) is 4.78. The number of rotatable bonds is 2. The molecule has 4 heteroatoms. The summed E-state index contributed by atoms with van der Waals surface area (Å²) in [7, 11) is 0. The standard InChI is InChI=1S/C21H19FN2O/c1-15-4-6-16(7-5-15)20-19-3-2-12-23(19)13-14-24(20)21(25)17-8-10-18(22)11-9-17/h2-12,20H,13-14H2,1H3. The molecular formula is C21H19FN2O. The Balaban J connectivity index is 1.76. The lowest BCUT2D eigenvalue weighted by Crippen LogP contribution is -2.42. The molecule has 0 saturated carbocycles. The first-order valence-electron chi connectivity index (χ1n) is 8.41. The Morgan fingerprint density at radius 1 is 1.00 bits per heavy atom. The SMILES string of the molecule is Cc1ccc(C2c3cccn3CCN2C(=O)c2ccc(F)cc2)cc1. The van der Waals surface area contributed by atoms with Crippen molar-refractivity contribution in [3.05, 3.63) is 95.1 Å². The van der Waals surface area contributed by atoms with E-state index in [0.717, 1.165) is 17.8 Å². The van der Waals surface area contributed by atoms with E-state index in [1.54, 1.807) is 12.1 Å². The molecule has 1 aliphatic rings. The fourth-order valence-corrected chi connectivity index (χ4v) is 3.46. The zero-order valence-corrected chi connectivity index (χ0v) is 14.0. The molecular weight excluding hydrogens is 315 g/mol. The third kappa shape index (κ3) is 2.84. The van der Waals surface area contributed by atoms with Crippen LogP contribution in [0.15, 0.2) is 66.9 Å². The van der Waals surface area contributed by atoms with E-state index in [9.17, 15) is 9.18 Å². The molecule has 1 aliphatic heterocycles. The van der Waals surface area contributed by atoms with Crippen molar-refractivity contribution in [1.82, 2.24) is 9.47 Å². The molecule has 0 spiro atoms. The molecule has 3 aromatic rings. The van der Waals surface area contributed by atoms with Crippen LogP contribution in [0.25, 0.3) is 0 Å². The van der Waals surface area contributed by atoms with Crippen molar-refractivity contribution in [3.63, 3.8) is 0 Å². The molecule has 0 fully saturated rings. The highest BCUT2D eigenvalue weighted by Crippen LogP contribution is 2.33. The van der Waals surface area contributed by atoms with E-state index in [4.69, 9.17) is 0 Å². The van der Waals surface area contributed by atoms with Crippen LogP contribution in [0.5, 0.6) is 0 Å². The Bertz CT molecular complexity index is 896. The molecule has 2 heterocycles. The van der Waals surface area contributed by atoms with Gasteiger partial charge in [0.05, 0.1) is 6.04 Å². The first kappa shape index (κ1) is 15.6. The maximum Gasteiger partial charge on any atom is 0.254 e. The molecule has 0 saturated heterocycles. The molecule has 25 heavy (non-hydrogen) atoms. The summed E-state index contributed by atoms with van der Waals surface area (Å²) in [6.07, 6.45) is 2.05. The zero-order valence-electron chi connectivity index (χ0n) is 14.0. The Hall–Kier alpha value is -2.88. The quantitative estimate of drug-likeness (QED) is 0.690. The molecule has 1 aromatic heterocycles. The first-order valence-corrected chi connectivity index (χ1v) is 8.41. The first-order chi connectivity index (χ1) is 12.1. The number of halogens is 1. The predicted octanol–water partition coefficient (Wildman–Crippen LogP) is 4.18. The monoisotopic (exact) mass is 334 g/mol. The van der Waals surface area contributed by atoms with Gasteiger partial charge in [0.25, 0.3) is 5.91 Å². The lowest BCUT2D eigenvalue weighted by atomic mass is 9.98. The summed E-state index contributed by atoms with van der Waals surface area (Å²) in [5.41, 5.74) is 3.89. The van der Waals surface area contributed by atoms with Crippen LogP contribution in [-0.2, 0) is 6.54 Å². The summed E-state index contributed by atoms with van der Waals surface area (Å²) >= 11 is 0. The van der Waals surface area contributed by atoms with Gasteiger partial charge < -0.3 is 9.47 Å². The Morgan fingerprint density at radius 2 is 1.72 bits per heavy atom. The van der Waals surface area contributed by atoms with E-state index in [1.807, 2.05) is 11.0 Å². The topological polar surface area (TPSA) is 25.2 Å². The fourth-order valence-electron chi connectivity index (χ4n) is 3.46. The summed E-state index contributed by atoms with van der Waals surface area (Å²) in [4.78, 5) is 15.0. The minimum Gasteiger partial charge on any atom is -0.348 e. The van der Waals surface area contributed by atoms with E-state index in [1.165, 1.54) is 17.7 Å². The summed E-state index contributed by atoms with van der Waals surface area (Å²) < 4.78 is 15.4. The van der Waals surface area contributed by atoms with Crippen molar-refractivity contribution in [2.45, 2.75) is 19.5 Å². The van der Waals surface area contributed by atoms with Crippen molar-refractivity contribution < 1.29 is 9.18 Å². The van der Waals surface area contributed by atoms with Crippen LogP contribution < -0.4 is 0 Å². The van der Waals surface area contributed by atoms with Crippen LogP contribution in [-0.4, -0.2) is 21.9 Å². The van der Waals surface area contributed by atoms with E-state index < -0.39 is 0 Å². The molecule has 1 unspecified atom stereocenters. The fraction of sp³-hybridized carbons (Fsp3) is 0.190. The number of nitrogens with zero attached hydrogens (tertiary/aromatic N) is 2. The van der Waals surface area contributed by atoms with Gasteiger partial charge in [-0.3, -0.25) is 4.79 Å². The number of hydrogen-bond donors (Lipinski definition) is 0.